The van der Waals surface area contributed by atoms with E-state index in [1.807, 2.05) is 30.3 Å². The summed E-state index contributed by atoms with van der Waals surface area (Å²) in [7, 11) is 0. The van der Waals surface area contributed by atoms with E-state index in [1.165, 1.54) is 0 Å². The first-order valence-corrected chi connectivity index (χ1v) is 6.15. The molecule has 1 aromatic heterocycles. The van der Waals surface area contributed by atoms with Crippen molar-refractivity contribution in [1.29, 1.82) is 0 Å². The number of anilines is 1. The highest BCUT2D eigenvalue weighted by Gasteiger charge is 2.04. The molecule has 4 nitrogen and oxygen atoms in total. The van der Waals surface area contributed by atoms with Crippen LogP contribution in [-0.4, -0.2) is 16.5 Å². The van der Waals surface area contributed by atoms with Gasteiger partial charge in [-0.05, 0) is 12.0 Å². The minimum Gasteiger partial charge on any atom is -0.354 e. The zero-order chi connectivity index (χ0) is 12.8. The first-order valence-electron chi connectivity index (χ1n) is 5.77. The summed E-state index contributed by atoms with van der Waals surface area (Å²) < 4.78 is 0. The summed E-state index contributed by atoms with van der Waals surface area (Å²) in [5.74, 6) is 0.569. The Morgan fingerprint density at radius 2 is 1.83 bits per heavy atom. The van der Waals surface area contributed by atoms with Crippen LogP contribution in [0, 0.1) is 0 Å². The zero-order valence-electron chi connectivity index (χ0n) is 9.88. The fourth-order valence-corrected chi connectivity index (χ4v) is 1.71. The first-order chi connectivity index (χ1) is 8.75. The zero-order valence-corrected chi connectivity index (χ0v) is 10.6. The minimum absolute atomic E-state index is 0.0194. The Balaban J connectivity index is 1.80. The van der Waals surface area contributed by atoms with Crippen molar-refractivity contribution >= 4 is 17.5 Å². The third-order valence-corrected chi connectivity index (χ3v) is 2.78. The maximum atomic E-state index is 6.08. The minimum atomic E-state index is 0.0194. The molecule has 3 N–H and O–H groups in total. The molecule has 0 aliphatic rings. The van der Waals surface area contributed by atoms with Gasteiger partial charge in [0.05, 0.1) is 17.4 Å². The lowest BCUT2D eigenvalue weighted by atomic mass is 10.1. The van der Waals surface area contributed by atoms with Gasteiger partial charge < -0.3 is 11.1 Å². The largest absolute Gasteiger partial charge is 0.354 e. The monoisotopic (exact) mass is 262 g/mol. The van der Waals surface area contributed by atoms with Crippen LogP contribution in [0.4, 0.5) is 5.95 Å². The Morgan fingerprint density at radius 3 is 2.50 bits per heavy atom. The molecule has 0 amide bonds. The van der Waals surface area contributed by atoms with Crippen molar-refractivity contribution in [1.82, 2.24) is 9.97 Å². The van der Waals surface area contributed by atoms with Crippen LogP contribution in [0.2, 0.25) is 5.02 Å². The third kappa shape index (κ3) is 3.68. The molecule has 0 radical (unpaired) electrons. The second-order valence-corrected chi connectivity index (χ2v) is 4.39. The number of nitrogens with one attached hydrogen (secondary N) is 1. The van der Waals surface area contributed by atoms with Crippen LogP contribution in [0.5, 0.6) is 0 Å². The van der Waals surface area contributed by atoms with Gasteiger partial charge in [-0.3, -0.25) is 0 Å². The average molecular weight is 263 g/mol. The molecular formula is C13H15ClN4. The van der Waals surface area contributed by atoms with Crippen LogP contribution >= 0.6 is 11.6 Å². The normalized spacial score (nSPS) is 12.1. The van der Waals surface area contributed by atoms with Gasteiger partial charge in [0, 0.05) is 12.6 Å². The van der Waals surface area contributed by atoms with Crippen molar-refractivity contribution in [3.8, 4) is 0 Å². The molecule has 0 bridgehead atoms. The van der Waals surface area contributed by atoms with Crippen LogP contribution in [-0.2, 0) is 0 Å². The van der Waals surface area contributed by atoms with E-state index in [1.54, 1.807) is 12.4 Å². The number of hydrogen-bond donors (Lipinski definition) is 2. The molecular weight excluding hydrogens is 248 g/mol. The van der Waals surface area contributed by atoms with Gasteiger partial charge >= 0.3 is 0 Å². The van der Waals surface area contributed by atoms with E-state index in [0.29, 0.717) is 11.0 Å². The highest BCUT2D eigenvalue weighted by molar-refractivity contribution is 6.30. The SMILES string of the molecule is NC(CCNc1ncc(Cl)cn1)c1ccccc1. The van der Waals surface area contributed by atoms with E-state index in [0.717, 1.165) is 18.5 Å². The van der Waals surface area contributed by atoms with Crippen LogP contribution in [0.15, 0.2) is 42.7 Å². The molecule has 0 saturated carbocycles. The van der Waals surface area contributed by atoms with Crippen LogP contribution in [0.1, 0.15) is 18.0 Å². The number of nitrogens with two attached hydrogens (primary N) is 1. The predicted octanol–water partition coefficient (Wildman–Crippen LogP) is 2.63. The maximum Gasteiger partial charge on any atom is 0.222 e. The molecule has 0 aliphatic carbocycles. The lowest BCUT2D eigenvalue weighted by molar-refractivity contribution is 0.673. The quantitative estimate of drug-likeness (QED) is 0.870. The van der Waals surface area contributed by atoms with Crippen molar-refractivity contribution < 1.29 is 0 Å². The van der Waals surface area contributed by atoms with Gasteiger partial charge in [-0.2, -0.15) is 0 Å². The van der Waals surface area contributed by atoms with Gasteiger partial charge in [-0.15, -0.1) is 0 Å². The number of rotatable bonds is 5. The van der Waals surface area contributed by atoms with E-state index in [-0.39, 0.29) is 6.04 Å². The van der Waals surface area contributed by atoms with E-state index >= 15 is 0 Å². The molecule has 2 aromatic rings. The number of halogens is 1. The molecule has 18 heavy (non-hydrogen) atoms. The smallest absolute Gasteiger partial charge is 0.222 e. The van der Waals surface area contributed by atoms with E-state index in [9.17, 15) is 0 Å². The number of benzene rings is 1. The van der Waals surface area contributed by atoms with Gasteiger partial charge in [0.2, 0.25) is 5.95 Å². The van der Waals surface area contributed by atoms with E-state index in [4.69, 9.17) is 17.3 Å². The Kier molecular flexibility index (Phi) is 4.50. The molecule has 5 heteroatoms. The topological polar surface area (TPSA) is 63.8 Å². The highest BCUT2D eigenvalue weighted by atomic mass is 35.5. The summed E-state index contributed by atoms with van der Waals surface area (Å²) in [6, 6.07) is 10.0. The molecule has 1 heterocycles. The molecule has 1 aromatic carbocycles. The van der Waals surface area contributed by atoms with Gasteiger partial charge in [0.25, 0.3) is 0 Å². The van der Waals surface area contributed by atoms with Gasteiger partial charge in [0.1, 0.15) is 0 Å². The van der Waals surface area contributed by atoms with Gasteiger partial charge in [-0.25, -0.2) is 9.97 Å². The second-order valence-electron chi connectivity index (χ2n) is 3.96. The molecule has 0 fully saturated rings. The molecule has 2 rings (SSSR count). The van der Waals surface area contributed by atoms with Crippen LogP contribution in [0.25, 0.3) is 0 Å². The Hall–Kier alpha value is -1.65. The third-order valence-electron chi connectivity index (χ3n) is 2.59. The summed E-state index contributed by atoms with van der Waals surface area (Å²) in [5.41, 5.74) is 7.22. The fraction of sp³-hybridized carbons (Fsp3) is 0.231. The molecule has 0 aliphatic heterocycles. The highest BCUT2D eigenvalue weighted by Crippen LogP contribution is 2.13. The standard InChI is InChI=1S/C13H15ClN4/c14-11-8-17-13(18-9-11)16-7-6-12(15)10-4-2-1-3-5-10/h1-5,8-9,12H,6-7,15H2,(H,16,17,18). The fourth-order valence-electron chi connectivity index (χ4n) is 1.61. The molecule has 94 valence electrons. The summed E-state index contributed by atoms with van der Waals surface area (Å²) in [6.45, 7) is 0.720. The van der Waals surface area contributed by atoms with Crippen LogP contribution < -0.4 is 11.1 Å². The molecule has 0 saturated heterocycles. The predicted molar refractivity (Wildman–Crippen MR) is 73.5 cm³/mol. The van der Waals surface area contributed by atoms with Crippen molar-refractivity contribution in [3.05, 3.63) is 53.3 Å². The summed E-state index contributed by atoms with van der Waals surface area (Å²) in [6.07, 6.45) is 3.94. The van der Waals surface area contributed by atoms with Crippen molar-refractivity contribution in [2.24, 2.45) is 5.73 Å². The first kappa shape index (κ1) is 12.8. The van der Waals surface area contributed by atoms with Crippen molar-refractivity contribution in [2.45, 2.75) is 12.5 Å². The number of hydrogen-bond acceptors (Lipinski definition) is 4. The maximum absolute atomic E-state index is 6.08. The summed E-state index contributed by atoms with van der Waals surface area (Å²) in [4.78, 5) is 8.11. The Bertz CT molecular complexity index is 472. The van der Waals surface area contributed by atoms with Gasteiger partial charge in [0.15, 0.2) is 0 Å². The average Bonchev–Trinajstić information content (AvgIpc) is 2.42. The number of aromatic nitrogens is 2. The van der Waals surface area contributed by atoms with E-state index in [2.05, 4.69) is 15.3 Å². The van der Waals surface area contributed by atoms with Gasteiger partial charge in [-0.1, -0.05) is 41.9 Å². The lowest BCUT2D eigenvalue weighted by Crippen LogP contribution is -2.16. The Morgan fingerprint density at radius 1 is 1.17 bits per heavy atom. The second kappa shape index (κ2) is 6.33. The molecule has 1 unspecified atom stereocenters. The molecule has 0 spiro atoms. The van der Waals surface area contributed by atoms with Crippen molar-refractivity contribution in [3.63, 3.8) is 0 Å². The summed E-state index contributed by atoms with van der Waals surface area (Å²) >= 11 is 5.70. The van der Waals surface area contributed by atoms with E-state index < -0.39 is 0 Å². The number of nitrogens with zero attached hydrogens (tertiary/aromatic N) is 2. The van der Waals surface area contributed by atoms with Crippen LogP contribution in [0.3, 0.4) is 0 Å². The summed E-state index contributed by atoms with van der Waals surface area (Å²) in [5, 5.41) is 3.64. The Labute approximate surface area is 111 Å². The lowest BCUT2D eigenvalue weighted by Gasteiger charge is -2.12. The van der Waals surface area contributed by atoms with Crippen molar-refractivity contribution in [2.75, 3.05) is 11.9 Å². The molecule has 1 atom stereocenters.